The van der Waals surface area contributed by atoms with Crippen molar-refractivity contribution in [2.24, 2.45) is 5.73 Å². The molecule has 2 atom stereocenters. The second-order valence-corrected chi connectivity index (χ2v) is 6.28. The molecule has 1 aliphatic carbocycles. The number of carbonyl (C=O) groups is 2. The zero-order valence-electron chi connectivity index (χ0n) is 12.3. The lowest BCUT2D eigenvalue weighted by Crippen LogP contribution is -2.45. The Kier molecular flexibility index (Phi) is 3.81. The summed E-state index contributed by atoms with van der Waals surface area (Å²) < 4.78 is 31.5. The number of hydrogen-bond acceptors (Lipinski definition) is 4. The predicted octanol–water partition coefficient (Wildman–Crippen LogP) is 0.670. The first-order chi connectivity index (χ1) is 10.8. The summed E-state index contributed by atoms with van der Waals surface area (Å²) in [6.45, 7) is 0.639. The molecule has 2 bridgehead atoms. The van der Waals surface area contributed by atoms with E-state index < -0.39 is 29.0 Å². The van der Waals surface area contributed by atoms with Gasteiger partial charge >= 0.3 is 11.8 Å². The molecule has 4 N–H and O–H groups in total. The zero-order valence-corrected chi connectivity index (χ0v) is 12.3. The van der Waals surface area contributed by atoms with Crippen molar-refractivity contribution in [1.29, 1.82) is 0 Å². The Morgan fingerprint density at radius 3 is 2.57 bits per heavy atom. The van der Waals surface area contributed by atoms with Crippen LogP contribution in [0.4, 0.5) is 14.5 Å². The number of carbonyl (C=O) groups excluding carboxylic acids is 2. The van der Waals surface area contributed by atoms with Crippen molar-refractivity contribution < 1.29 is 23.1 Å². The van der Waals surface area contributed by atoms with Gasteiger partial charge in [0.25, 0.3) is 0 Å². The van der Waals surface area contributed by atoms with Crippen LogP contribution >= 0.6 is 0 Å². The highest BCUT2D eigenvalue weighted by Gasteiger charge is 2.53. The number of ether oxygens (including phenoxy) is 1. The number of fused-ring (bicyclic) bond motifs is 2. The van der Waals surface area contributed by atoms with Gasteiger partial charge in [0.05, 0.1) is 12.2 Å². The number of hydrogen-bond donors (Lipinski definition) is 3. The molecule has 1 saturated carbocycles. The van der Waals surface area contributed by atoms with E-state index in [4.69, 9.17) is 10.5 Å². The fourth-order valence-corrected chi connectivity index (χ4v) is 3.12. The van der Waals surface area contributed by atoms with E-state index in [1.807, 2.05) is 0 Å². The Morgan fingerprint density at radius 1 is 1.22 bits per heavy atom. The van der Waals surface area contributed by atoms with Crippen LogP contribution in [0, 0.1) is 11.6 Å². The third kappa shape index (κ3) is 3.18. The Labute approximate surface area is 131 Å². The first kappa shape index (κ1) is 15.8. The van der Waals surface area contributed by atoms with Crippen molar-refractivity contribution in [2.75, 3.05) is 18.5 Å². The maximum Gasteiger partial charge on any atom is 0.313 e. The van der Waals surface area contributed by atoms with Crippen LogP contribution in [0.2, 0.25) is 0 Å². The molecule has 2 unspecified atom stereocenters. The van der Waals surface area contributed by atoms with Gasteiger partial charge in [-0.25, -0.2) is 8.78 Å². The molecule has 0 aromatic heterocycles. The van der Waals surface area contributed by atoms with Gasteiger partial charge in [-0.1, -0.05) is 0 Å². The highest BCUT2D eigenvalue weighted by Crippen LogP contribution is 2.45. The largest absolute Gasteiger partial charge is 0.371 e. The maximum absolute atomic E-state index is 13.1. The van der Waals surface area contributed by atoms with Gasteiger partial charge in [-0.05, 0) is 31.4 Å². The minimum atomic E-state index is -1.10. The molecule has 6 nitrogen and oxygen atoms in total. The Hall–Kier alpha value is -2.06. The van der Waals surface area contributed by atoms with E-state index in [9.17, 15) is 18.4 Å². The Morgan fingerprint density at radius 2 is 2.00 bits per heavy atom. The van der Waals surface area contributed by atoms with Crippen LogP contribution < -0.4 is 16.4 Å². The monoisotopic (exact) mass is 325 g/mol. The van der Waals surface area contributed by atoms with Gasteiger partial charge in [0, 0.05) is 23.8 Å². The first-order valence-electron chi connectivity index (χ1n) is 7.28. The number of halogens is 2. The molecule has 124 valence electrons. The predicted molar refractivity (Wildman–Crippen MR) is 77.4 cm³/mol. The second kappa shape index (κ2) is 5.54. The van der Waals surface area contributed by atoms with Gasteiger partial charge in [-0.2, -0.15) is 0 Å². The maximum atomic E-state index is 13.1. The van der Waals surface area contributed by atoms with Crippen molar-refractivity contribution in [2.45, 2.75) is 30.4 Å². The number of nitrogens with one attached hydrogen (secondary N) is 2. The summed E-state index contributed by atoms with van der Waals surface area (Å²) in [5, 5.41) is 4.72. The summed E-state index contributed by atoms with van der Waals surface area (Å²) >= 11 is 0. The summed E-state index contributed by atoms with van der Waals surface area (Å²) in [4.78, 5) is 23.6. The fourth-order valence-electron chi connectivity index (χ4n) is 3.12. The van der Waals surface area contributed by atoms with Gasteiger partial charge in [0.15, 0.2) is 11.6 Å². The van der Waals surface area contributed by atoms with E-state index in [-0.39, 0.29) is 17.8 Å². The van der Waals surface area contributed by atoms with Crippen molar-refractivity contribution in [1.82, 2.24) is 5.32 Å². The standard InChI is InChI=1S/C15H17F2N3O3/c16-10-2-1-9(5-11(10)17)20-13(22)12(21)19-7-15-4-3-14(18,6-15)8-23-15/h1-2,5H,3-4,6-8,18H2,(H,19,21)(H,20,22). The van der Waals surface area contributed by atoms with E-state index in [0.717, 1.165) is 25.0 Å². The van der Waals surface area contributed by atoms with Crippen molar-refractivity contribution >= 4 is 17.5 Å². The van der Waals surface area contributed by atoms with E-state index in [2.05, 4.69) is 10.6 Å². The van der Waals surface area contributed by atoms with Crippen LogP contribution in [0.3, 0.4) is 0 Å². The van der Waals surface area contributed by atoms with Crippen molar-refractivity contribution in [3.05, 3.63) is 29.8 Å². The summed E-state index contributed by atoms with van der Waals surface area (Å²) in [5.74, 6) is -3.96. The van der Waals surface area contributed by atoms with Gasteiger partial charge in [-0.3, -0.25) is 9.59 Å². The second-order valence-electron chi connectivity index (χ2n) is 6.28. The molecule has 0 radical (unpaired) electrons. The summed E-state index contributed by atoms with van der Waals surface area (Å²) in [6, 6.07) is 2.84. The molecule has 1 aromatic carbocycles. The Bertz CT molecular complexity index is 657. The lowest BCUT2D eigenvalue weighted by Gasteiger charge is -2.27. The number of amides is 2. The average molecular weight is 325 g/mol. The summed E-state index contributed by atoms with van der Waals surface area (Å²) in [7, 11) is 0. The molecule has 0 spiro atoms. The molecule has 8 heteroatoms. The van der Waals surface area contributed by atoms with Gasteiger partial charge in [0.1, 0.15) is 0 Å². The normalized spacial score (nSPS) is 28.7. The molecule has 2 aliphatic rings. The fraction of sp³-hybridized carbons (Fsp3) is 0.467. The lowest BCUT2D eigenvalue weighted by molar-refractivity contribution is -0.137. The smallest absolute Gasteiger partial charge is 0.313 e. The van der Waals surface area contributed by atoms with Crippen molar-refractivity contribution in [3.63, 3.8) is 0 Å². The highest BCUT2D eigenvalue weighted by atomic mass is 19.2. The quantitative estimate of drug-likeness (QED) is 0.712. The van der Waals surface area contributed by atoms with E-state index in [1.165, 1.54) is 6.07 Å². The van der Waals surface area contributed by atoms with E-state index in [0.29, 0.717) is 13.0 Å². The van der Waals surface area contributed by atoms with Crippen LogP contribution in [0.5, 0.6) is 0 Å². The van der Waals surface area contributed by atoms with Crippen LogP contribution in [0.25, 0.3) is 0 Å². The minimum Gasteiger partial charge on any atom is -0.371 e. The van der Waals surface area contributed by atoms with Crippen LogP contribution in [0.15, 0.2) is 18.2 Å². The molecule has 1 aromatic rings. The molecule has 2 fully saturated rings. The van der Waals surface area contributed by atoms with Crippen LogP contribution in [-0.4, -0.2) is 36.1 Å². The Balaban J connectivity index is 1.54. The summed E-state index contributed by atoms with van der Waals surface area (Å²) in [5.41, 5.74) is 5.26. The van der Waals surface area contributed by atoms with Gasteiger partial charge in [0.2, 0.25) is 0 Å². The number of rotatable bonds is 3. The number of anilines is 1. The van der Waals surface area contributed by atoms with Crippen LogP contribution in [0.1, 0.15) is 19.3 Å². The average Bonchev–Trinajstić information content (AvgIpc) is 3.02. The van der Waals surface area contributed by atoms with Gasteiger partial charge < -0.3 is 21.1 Å². The third-order valence-corrected chi connectivity index (χ3v) is 4.37. The molecule has 23 heavy (non-hydrogen) atoms. The molecule has 3 rings (SSSR count). The molecule has 1 saturated heterocycles. The number of benzene rings is 1. The summed E-state index contributed by atoms with van der Waals surface area (Å²) in [6.07, 6.45) is 2.20. The zero-order chi connectivity index (χ0) is 16.7. The van der Waals surface area contributed by atoms with E-state index in [1.54, 1.807) is 0 Å². The first-order valence-corrected chi connectivity index (χ1v) is 7.28. The topological polar surface area (TPSA) is 93.5 Å². The van der Waals surface area contributed by atoms with Crippen LogP contribution in [-0.2, 0) is 14.3 Å². The molecule has 1 heterocycles. The highest BCUT2D eigenvalue weighted by molar-refractivity contribution is 6.39. The SMILES string of the molecule is NC12CCC(CNC(=O)C(=O)Nc3ccc(F)c(F)c3)(C1)OC2. The van der Waals surface area contributed by atoms with Gasteiger partial charge in [-0.15, -0.1) is 0 Å². The number of nitrogens with two attached hydrogens (primary N) is 1. The lowest BCUT2D eigenvalue weighted by atomic mass is 10.00. The molecular weight excluding hydrogens is 308 g/mol. The minimum absolute atomic E-state index is 0.00108. The molecular formula is C15H17F2N3O3. The van der Waals surface area contributed by atoms with E-state index >= 15 is 0 Å². The molecule has 2 amide bonds. The molecule has 1 aliphatic heterocycles. The third-order valence-electron chi connectivity index (χ3n) is 4.37. The van der Waals surface area contributed by atoms with Crippen molar-refractivity contribution in [3.8, 4) is 0 Å².